The van der Waals surface area contributed by atoms with Crippen LogP contribution in [0.15, 0.2) is 45.6 Å². The zero-order valence-electron chi connectivity index (χ0n) is 17.1. The minimum atomic E-state index is -0.428. The van der Waals surface area contributed by atoms with E-state index in [1.54, 1.807) is 18.2 Å². The first kappa shape index (κ1) is 21.1. The first-order chi connectivity index (χ1) is 14.0. The molecule has 0 aliphatic rings. The van der Waals surface area contributed by atoms with Gasteiger partial charge < -0.3 is 9.73 Å². The molecule has 0 unspecified atom stereocenters. The Bertz CT molecular complexity index is 1080. The number of para-hydroxylation sites is 2. The smallest absolute Gasteiger partial charge is 0.263 e. The molecule has 29 heavy (non-hydrogen) atoms. The van der Waals surface area contributed by atoms with Crippen molar-refractivity contribution in [1.82, 2.24) is 0 Å². The summed E-state index contributed by atoms with van der Waals surface area (Å²) in [5, 5.41) is 3.69. The highest BCUT2D eigenvalue weighted by atomic mass is 35.5. The second kappa shape index (κ2) is 9.27. The van der Waals surface area contributed by atoms with E-state index in [2.05, 4.69) is 12.2 Å². The summed E-state index contributed by atoms with van der Waals surface area (Å²) in [7, 11) is 0. The summed E-state index contributed by atoms with van der Waals surface area (Å²) in [6.07, 6.45) is 3.81. The number of fused-ring (bicyclic) bond motifs is 1. The van der Waals surface area contributed by atoms with Crippen molar-refractivity contribution in [3.05, 3.63) is 74.1 Å². The van der Waals surface area contributed by atoms with E-state index in [0.717, 1.165) is 42.5 Å². The van der Waals surface area contributed by atoms with Crippen LogP contribution in [0.4, 0.5) is 5.69 Å². The van der Waals surface area contributed by atoms with Gasteiger partial charge in [0.05, 0.1) is 10.4 Å². The van der Waals surface area contributed by atoms with Crippen molar-refractivity contribution in [1.29, 1.82) is 0 Å². The molecule has 1 N–H and O–H groups in total. The quantitative estimate of drug-likeness (QED) is 0.506. The van der Waals surface area contributed by atoms with Crippen molar-refractivity contribution in [2.75, 3.05) is 5.32 Å². The zero-order valence-corrected chi connectivity index (χ0v) is 17.9. The van der Waals surface area contributed by atoms with E-state index in [4.69, 9.17) is 16.0 Å². The molecule has 0 bridgehead atoms. The average Bonchev–Trinajstić information content (AvgIpc) is 2.73. The molecule has 3 rings (SSSR count). The number of rotatable bonds is 7. The average molecular weight is 412 g/mol. The third kappa shape index (κ3) is 4.23. The van der Waals surface area contributed by atoms with Crippen LogP contribution < -0.4 is 10.7 Å². The molecule has 0 aliphatic carbocycles. The van der Waals surface area contributed by atoms with Gasteiger partial charge in [0.2, 0.25) is 5.43 Å². The largest absolute Gasteiger partial charge is 0.458 e. The van der Waals surface area contributed by atoms with Crippen LogP contribution in [0.5, 0.6) is 0 Å². The Morgan fingerprint density at radius 1 is 1.03 bits per heavy atom. The number of hydrogen-bond donors (Lipinski definition) is 1. The van der Waals surface area contributed by atoms with Crippen LogP contribution >= 0.6 is 11.6 Å². The molecule has 0 saturated heterocycles. The number of anilines is 1. The third-order valence-electron chi connectivity index (χ3n) is 5.16. The second-order valence-electron chi connectivity index (χ2n) is 7.06. The summed E-state index contributed by atoms with van der Waals surface area (Å²) >= 11 is 6.24. The number of nitrogens with one attached hydrogen (secondary N) is 1. The van der Waals surface area contributed by atoms with Gasteiger partial charge in [0.1, 0.15) is 11.3 Å². The number of amides is 1. The predicted octanol–water partition coefficient (Wildman–Crippen LogP) is 6.17. The molecule has 2 aromatic carbocycles. The van der Waals surface area contributed by atoms with Crippen molar-refractivity contribution in [3.8, 4) is 0 Å². The van der Waals surface area contributed by atoms with Gasteiger partial charge in [0.25, 0.3) is 5.91 Å². The monoisotopic (exact) mass is 411 g/mol. The molecule has 0 radical (unpaired) electrons. The zero-order chi connectivity index (χ0) is 21.0. The van der Waals surface area contributed by atoms with Crippen LogP contribution in [0.3, 0.4) is 0 Å². The topological polar surface area (TPSA) is 59.3 Å². The molecule has 0 fully saturated rings. The summed E-state index contributed by atoms with van der Waals surface area (Å²) in [6, 6.07) is 11.0. The Labute approximate surface area is 175 Å². The molecule has 0 saturated carbocycles. The number of carbonyl (C=O) groups excluding carboxylic acids is 1. The van der Waals surface area contributed by atoms with Crippen molar-refractivity contribution in [3.63, 3.8) is 0 Å². The van der Waals surface area contributed by atoms with Gasteiger partial charge in [0, 0.05) is 12.1 Å². The highest BCUT2D eigenvalue weighted by Crippen LogP contribution is 2.27. The van der Waals surface area contributed by atoms with Gasteiger partial charge in [-0.05, 0) is 42.5 Å². The Balaban J connectivity index is 2.15. The third-order valence-corrected chi connectivity index (χ3v) is 5.46. The highest BCUT2D eigenvalue weighted by molar-refractivity contribution is 6.34. The standard InChI is InChI=1S/C24H26ClNO3/c1-4-7-14-19-20(22(27)17-12-9-13-18(25)23(17)29-19)24(28)26-21-15(5-2)10-8-11-16(21)6-3/h8-13H,4-7,14H2,1-3H3,(H,26,28). The maximum absolute atomic E-state index is 13.3. The molecule has 0 aliphatic heterocycles. The number of hydrogen-bond acceptors (Lipinski definition) is 3. The number of aryl methyl sites for hydroxylation is 3. The lowest BCUT2D eigenvalue weighted by molar-refractivity contribution is 0.102. The number of unbranched alkanes of at least 4 members (excludes halogenated alkanes) is 1. The van der Waals surface area contributed by atoms with Crippen molar-refractivity contribution in [2.45, 2.75) is 52.9 Å². The molecular weight excluding hydrogens is 386 g/mol. The van der Waals surface area contributed by atoms with E-state index in [1.165, 1.54) is 0 Å². The molecular formula is C24H26ClNO3. The normalized spacial score (nSPS) is 11.0. The van der Waals surface area contributed by atoms with Crippen LogP contribution in [-0.2, 0) is 19.3 Å². The maximum Gasteiger partial charge on any atom is 0.263 e. The summed E-state index contributed by atoms with van der Waals surface area (Å²) in [5.41, 5.74) is 2.94. The molecule has 1 amide bonds. The molecule has 4 nitrogen and oxygen atoms in total. The van der Waals surface area contributed by atoms with Crippen LogP contribution in [0, 0.1) is 0 Å². The van der Waals surface area contributed by atoms with E-state index in [-0.39, 0.29) is 11.0 Å². The SMILES string of the molecule is CCCCc1oc2c(Cl)cccc2c(=O)c1C(=O)Nc1c(CC)cccc1CC. The molecule has 152 valence electrons. The predicted molar refractivity (Wildman–Crippen MR) is 119 cm³/mol. The van der Waals surface area contributed by atoms with Crippen LogP contribution in [-0.4, -0.2) is 5.91 Å². The second-order valence-corrected chi connectivity index (χ2v) is 7.47. The lowest BCUT2D eigenvalue weighted by Crippen LogP contribution is -2.25. The summed E-state index contributed by atoms with van der Waals surface area (Å²) in [4.78, 5) is 26.5. The maximum atomic E-state index is 13.3. The fraction of sp³-hybridized carbons (Fsp3) is 0.333. The van der Waals surface area contributed by atoms with Gasteiger partial charge in [-0.15, -0.1) is 0 Å². The fourth-order valence-electron chi connectivity index (χ4n) is 3.55. The van der Waals surface area contributed by atoms with Gasteiger partial charge >= 0.3 is 0 Å². The Kier molecular flexibility index (Phi) is 6.75. The van der Waals surface area contributed by atoms with E-state index in [0.29, 0.717) is 28.2 Å². The highest BCUT2D eigenvalue weighted by Gasteiger charge is 2.23. The van der Waals surface area contributed by atoms with E-state index >= 15 is 0 Å². The number of carbonyl (C=O) groups is 1. The first-order valence-corrected chi connectivity index (χ1v) is 10.6. The van der Waals surface area contributed by atoms with Crippen molar-refractivity contribution >= 4 is 34.2 Å². The molecule has 1 heterocycles. The molecule has 0 spiro atoms. The molecule has 0 atom stereocenters. The molecule has 5 heteroatoms. The van der Waals surface area contributed by atoms with Gasteiger partial charge in [-0.3, -0.25) is 9.59 Å². The fourth-order valence-corrected chi connectivity index (χ4v) is 3.76. The van der Waals surface area contributed by atoms with Crippen LogP contribution in [0.1, 0.15) is 60.9 Å². The van der Waals surface area contributed by atoms with Crippen LogP contribution in [0.25, 0.3) is 11.0 Å². The summed E-state index contributed by atoms with van der Waals surface area (Å²) < 4.78 is 5.99. The minimum absolute atomic E-state index is 0.0705. The Morgan fingerprint density at radius 3 is 2.31 bits per heavy atom. The molecule has 1 aromatic heterocycles. The van der Waals surface area contributed by atoms with E-state index in [9.17, 15) is 9.59 Å². The Hall–Kier alpha value is -2.59. The van der Waals surface area contributed by atoms with E-state index < -0.39 is 5.91 Å². The van der Waals surface area contributed by atoms with Crippen LogP contribution in [0.2, 0.25) is 5.02 Å². The Morgan fingerprint density at radius 2 is 1.69 bits per heavy atom. The van der Waals surface area contributed by atoms with Gasteiger partial charge in [-0.2, -0.15) is 0 Å². The van der Waals surface area contributed by atoms with Crippen molar-refractivity contribution in [2.24, 2.45) is 0 Å². The minimum Gasteiger partial charge on any atom is -0.458 e. The van der Waals surface area contributed by atoms with Gasteiger partial charge in [-0.1, -0.05) is 63.1 Å². The summed E-state index contributed by atoms with van der Waals surface area (Å²) in [5.74, 6) is -0.0377. The number of benzene rings is 2. The first-order valence-electron chi connectivity index (χ1n) is 10.2. The van der Waals surface area contributed by atoms with Gasteiger partial charge in [0.15, 0.2) is 5.58 Å². The lowest BCUT2D eigenvalue weighted by Gasteiger charge is -2.16. The summed E-state index contributed by atoms with van der Waals surface area (Å²) in [6.45, 7) is 6.14. The number of halogens is 1. The molecule has 3 aromatic rings. The van der Waals surface area contributed by atoms with E-state index in [1.807, 2.05) is 32.0 Å². The van der Waals surface area contributed by atoms with Crippen molar-refractivity contribution < 1.29 is 9.21 Å². The van der Waals surface area contributed by atoms with Gasteiger partial charge in [-0.25, -0.2) is 0 Å². The lowest BCUT2D eigenvalue weighted by atomic mass is 10.0.